The van der Waals surface area contributed by atoms with Crippen molar-refractivity contribution in [1.29, 1.82) is 0 Å². The predicted octanol–water partition coefficient (Wildman–Crippen LogP) is 3.62. The highest BCUT2D eigenvalue weighted by atomic mass is 16.5. The van der Waals surface area contributed by atoms with E-state index in [4.69, 9.17) is 4.74 Å². The monoisotopic (exact) mass is 324 g/mol. The van der Waals surface area contributed by atoms with Crippen molar-refractivity contribution in [2.45, 2.75) is 19.3 Å². The van der Waals surface area contributed by atoms with Gasteiger partial charge >= 0.3 is 0 Å². The van der Waals surface area contributed by atoms with Crippen LogP contribution in [0.3, 0.4) is 0 Å². The minimum atomic E-state index is 0.178. The number of ketones is 1. The Kier molecular flexibility index (Phi) is 5.26. The van der Waals surface area contributed by atoms with Gasteiger partial charge in [0.05, 0.1) is 12.6 Å². The maximum absolute atomic E-state index is 12.8. The molecule has 1 aliphatic heterocycles. The molecule has 0 radical (unpaired) electrons. The second-order valence-electron chi connectivity index (χ2n) is 6.36. The van der Waals surface area contributed by atoms with Crippen LogP contribution >= 0.6 is 0 Å². The Morgan fingerprint density at radius 3 is 3.12 bits per heavy atom. The van der Waals surface area contributed by atoms with E-state index in [0.717, 1.165) is 48.1 Å². The van der Waals surface area contributed by atoms with E-state index in [1.165, 1.54) is 0 Å². The van der Waals surface area contributed by atoms with Gasteiger partial charge in [-0.05, 0) is 55.5 Å². The number of pyridine rings is 1. The Hall–Kier alpha value is -2.20. The molecule has 4 nitrogen and oxygen atoms in total. The van der Waals surface area contributed by atoms with E-state index in [0.29, 0.717) is 18.3 Å². The number of hydrogen-bond acceptors (Lipinski definition) is 4. The summed E-state index contributed by atoms with van der Waals surface area (Å²) in [7, 11) is 1.63. The molecule has 1 fully saturated rings. The van der Waals surface area contributed by atoms with Crippen molar-refractivity contribution in [3.05, 3.63) is 48.7 Å². The number of carbonyl (C=O) groups excluding carboxylic acids is 1. The number of methoxy groups -OCH3 is 1. The molecule has 126 valence electrons. The lowest BCUT2D eigenvalue weighted by molar-refractivity contribution is 0.0968. The largest absolute Gasteiger partial charge is 0.497 e. The number of Topliss-reactive ketones (excluding diaryl/α,β-unsaturated/α-hetero) is 1. The number of hydrogen-bond donors (Lipinski definition) is 1. The summed E-state index contributed by atoms with van der Waals surface area (Å²) >= 11 is 0. The van der Waals surface area contributed by atoms with Crippen LogP contribution in [0.4, 0.5) is 0 Å². The fourth-order valence-corrected chi connectivity index (χ4v) is 3.52. The third-order valence-corrected chi connectivity index (χ3v) is 4.97. The van der Waals surface area contributed by atoms with Crippen LogP contribution in [0.1, 0.15) is 29.6 Å². The molecule has 24 heavy (non-hydrogen) atoms. The van der Waals surface area contributed by atoms with Crippen molar-refractivity contribution >= 4 is 16.7 Å². The number of carbonyl (C=O) groups is 1. The first-order valence-corrected chi connectivity index (χ1v) is 8.52. The van der Waals surface area contributed by atoms with Crippen molar-refractivity contribution in [2.75, 3.05) is 20.2 Å². The van der Waals surface area contributed by atoms with Gasteiger partial charge in [-0.1, -0.05) is 6.08 Å². The van der Waals surface area contributed by atoms with E-state index in [9.17, 15) is 4.79 Å². The van der Waals surface area contributed by atoms with Crippen molar-refractivity contribution in [3.8, 4) is 5.75 Å². The predicted molar refractivity (Wildman–Crippen MR) is 96.5 cm³/mol. The minimum Gasteiger partial charge on any atom is -0.497 e. The van der Waals surface area contributed by atoms with Gasteiger partial charge in [0, 0.05) is 30.1 Å². The van der Waals surface area contributed by atoms with Crippen LogP contribution in [-0.2, 0) is 0 Å². The molecule has 2 heterocycles. The van der Waals surface area contributed by atoms with E-state index in [1.807, 2.05) is 30.3 Å². The number of nitrogens with one attached hydrogen (secondary N) is 1. The van der Waals surface area contributed by atoms with Crippen LogP contribution < -0.4 is 10.1 Å². The van der Waals surface area contributed by atoms with Gasteiger partial charge in [0.1, 0.15) is 5.75 Å². The first-order chi connectivity index (χ1) is 11.7. The zero-order valence-corrected chi connectivity index (χ0v) is 14.1. The molecule has 1 aromatic heterocycles. The molecule has 2 aromatic rings. The van der Waals surface area contributed by atoms with Crippen molar-refractivity contribution in [3.63, 3.8) is 0 Å². The van der Waals surface area contributed by atoms with Crippen LogP contribution in [0.25, 0.3) is 10.9 Å². The summed E-state index contributed by atoms with van der Waals surface area (Å²) in [5, 5.41) is 4.26. The summed E-state index contributed by atoms with van der Waals surface area (Å²) in [5.41, 5.74) is 1.57. The van der Waals surface area contributed by atoms with E-state index in [1.54, 1.807) is 13.3 Å². The van der Waals surface area contributed by atoms with Gasteiger partial charge in [0.2, 0.25) is 0 Å². The lowest BCUT2D eigenvalue weighted by atomic mass is 9.82. The van der Waals surface area contributed by atoms with E-state index in [2.05, 4.69) is 16.9 Å². The Morgan fingerprint density at radius 2 is 2.33 bits per heavy atom. The van der Waals surface area contributed by atoms with Crippen LogP contribution in [0, 0.1) is 11.8 Å². The first kappa shape index (κ1) is 16.7. The number of nitrogens with zero attached hydrogens (tertiary/aromatic N) is 1. The molecule has 0 saturated carbocycles. The Morgan fingerprint density at radius 1 is 1.46 bits per heavy atom. The Labute approximate surface area is 142 Å². The van der Waals surface area contributed by atoms with E-state index < -0.39 is 0 Å². The maximum atomic E-state index is 12.8. The zero-order chi connectivity index (χ0) is 16.9. The average Bonchev–Trinajstić information content (AvgIpc) is 2.65. The molecule has 0 spiro atoms. The Balaban J connectivity index is 1.77. The van der Waals surface area contributed by atoms with Gasteiger partial charge in [0.15, 0.2) is 5.78 Å². The molecule has 0 unspecified atom stereocenters. The normalized spacial score (nSPS) is 20.7. The summed E-state index contributed by atoms with van der Waals surface area (Å²) in [6, 6.07) is 7.48. The van der Waals surface area contributed by atoms with Crippen LogP contribution in [0.2, 0.25) is 0 Å². The second-order valence-corrected chi connectivity index (χ2v) is 6.36. The molecule has 3 rings (SSSR count). The third kappa shape index (κ3) is 3.49. The topological polar surface area (TPSA) is 51.2 Å². The molecule has 0 bridgehead atoms. The smallest absolute Gasteiger partial charge is 0.163 e. The number of piperidine rings is 1. The van der Waals surface area contributed by atoms with Crippen LogP contribution in [0.5, 0.6) is 5.75 Å². The molecule has 1 aromatic carbocycles. The molecule has 1 aliphatic rings. The van der Waals surface area contributed by atoms with Crippen molar-refractivity contribution < 1.29 is 9.53 Å². The number of aromatic nitrogens is 1. The number of fused-ring (bicyclic) bond motifs is 1. The second kappa shape index (κ2) is 7.58. The summed E-state index contributed by atoms with van der Waals surface area (Å²) in [6.07, 6.45) is 6.30. The van der Waals surface area contributed by atoms with Crippen LogP contribution in [-0.4, -0.2) is 31.0 Å². The van der Waals surface area contributed by atoms with Gasteiger partial charge in [-0.3, -0.25) is 9.78 Å². The van der Waals surface area contributed by atoms with Gasteiger partial charge in [-0.15, -0.1) is 6.58 Å². The van der Waals surface area contributed by atoms with Crippen molar-refractivity contribution in [2.24, 2.45) is 11.8 Å². The van der Waals surface area contributed by atoms with Crippen LogP contribution in [0.15, 0.2) is 43.1 Å². The number of ether oxygens (including phenoxy) is 1. The fraction of sp³-hybridized carbons (Fsp3) is 0.400. The molecule has 4 heteroatoms. The number of rotatable bonds is 6. The highest BCUT2D eigenvalue weighted by Crippen LogP contribution is 2.28. The lowest BCUT2D eigenvalue weighted by Crippen LogP contribution is -2.35. The molecule has 0 aliphatic carbocycles. The lowest BCUT2D eigenvalue weighted by Gasteiger charge is -2.29. The summed E-state index contributed by atoms with van der Waals surface area (Å²) in [5.74, 6) is 1.92. The minimum absolute atomic E-state index is 0.178. The fourth-order valence-electron chi connectivity index (χ4n) is 3.52. The van der Waals surface area contributed by atoms with Gasteiger partial charge < -0.3 is 10.1 Å². The molecular formula is C20H24N2O2. The molecular weight excluding hydrogens is 300 g/mol. The molecule has 1 N–H and O–H groups in total. The highest BCUT2D eigenvalue weighted by molar-refractivity contribution is 6.07. The standard InChI is InChI=1S/C20H24N2O2/c1-3-14-13-21-10-8-15(14)4-7-20(23)17-9-11-22-19-6-5-16(24-2)12-18(17)19/h3,5-6,9,11-12,14-15,21H,1,4,7-8,10,13H2,2H3/t14-,15-/m1/s1. The SMILES string of the molecule is C=C[C@@H]1CNCC[C@H]1CCC(=O)c1ccnc2ccc(OC)cc12. The average molecular weight is 324 g/mol. The quantitative estimate of drug-likeness (QED) is 0.651. The summed E-state index contributed by atoms with van der Waals surface area (Å²) in [6.45, 7) is 5.93. The number of benzene rings is 1. The van der Waals surface area contributed by atoms with Gasteiger partial charge in [-0.2, -0.15) is 0 Å². The summed E-state index contributed by atoms with van der Waals surface area (Å²) in [4.78, 5) is 17.1. The highest BCUT2D eigenvalue weighted by Gasteiger charge is 2.23. The first-order valence-electron chi connectivity index (χ1n) is 8.52. The molecule has 1 saturated heterocycles. The molecule has 0 amide bonds. The van der Waals surface area contributed by atoms with E-state index in [-0.39, 0.29) is 5.78 Å². The Bertz CT molecular complexity index is 741. The zero-order valence-electron chi connectivity index (χ0n) is 14.1. The van der Waals surface area contributed by atoms with Gasteiger partial charge in [0.25, 0.3) is 0 Å². The van der Waals surface area contributed by atoms with Crippen molar-refractivity contribution in [1.82, 2.24) is 10.3 Å². The third-order valence-electron chi connectivity index (χ3n) is 4.97. The maximum Gasteiger partial charge on any atom is 0.163 e. The molecule has 2 atom stereocenters. The van der Waals surface area contributed by atoms with Gasteiger partial charge in [-0.25, -0.2) is 0 Å². The summed E-state index contributed by atoms with van der Waals surface area (Å²) < 4.78 is 5.28. The van der Waals surface area contributed by atoms with E-state index >= 15 is 0 Å².